The lowest BCUT2D eigenvalue weighted by molar-refractivity contribution is 0.322. The van der Waals surface area contributed by atoms with Crippen molar-refractivity contribution in [3.8, 4) is 0 Å². The van der Waals surface area contributed by atoms with Crippen LogP contribution in [0.15, 0.2) is 16.7 Å². The molecule has 1 aliphatic heterocycles. The fourth-order valence-corrected chi connectivity index (χ4v) is 2.62. The third-order valence-corrected chi connectivity index (χ3v) is 3.66. The van der Waals surface area contributed by atoms with E-state index in [1.54, 1.807) is 0 Å². The quantitative estimate of drug-likeness (QED) is 0.925. The van der Waals surface area contributed by atoms with Gasteiger partial charge < -0.3 is 10.2 Å². The monoisotopic (exact) mass is 283 g/mol. The van der Waals surface area contributed by atoms with Crippen molar-refractivity contribution in [1.82, 2.24) is 9.88 Å². The molecule has 1 aliphatic rings. The van der Waals surface area contributed by atoms with Crippen molar-refractivity contribution < 1.29 is 0 Å². The first-order chi connectivity index (χ1) is 7.66. The van der Waals surface area contributed by atoms with E-state index in [2.05, 4.69) is 51.2 Å². The van der Waals surface area contributed by atoms with Gasteiger partial charge in [-0.1, -0.05) is 0 Å². The van der Waals surface area contributed by atoms with Crippen LogP contribution < -0.4 is 5.32 Å². The summed E-state index contributed by atoms with van der Waals surface area (Å²) in [7, 11) is 2.20. The Bertz CT molecular complexity index is 367. The lowest BCUT2D eigenvalue weighted by Crippen LogP contribution is -2.31. The number of nitrogens with one attached hydrogen (secondary N) is 1. The Kier molecular flexibility index (Phi) is 3.82. The van der Waals surface area contributed by atoms with Gasteiger partial charge in [-0.25, -0.2) is 4.98 Å². The SMILES string of the molecule is Cc1cc(Br)cnc1NCC1CCCN1C. The van der Waals surface area contributed by atoms with Gasteiger partial charge in [-0.15, -0.1) is 0 Å². The second-order valence-electron chi connectivity index (χ2n) is 4.48. The molecule has 16 heavy (non-hydrogen) atoms. The summed E-state index contributed by atoms with van der Waals surface area (Å²) >= 11 is 3.42. The maximum atomic E-state index is 4.39. The van der Waals surface area contributed by atoms with E-state index in [1.807, 2.05) is 6.20 Å². The minimum atomic E-state index is 0.657. The van der Waals surface area contributed by atoms with Crippen LogP contribution in [-0.2, 0) is 0 Å². The minimum Gasteiger partial charge on any atom is -0.368 e. The number of halogens is 1. The van der Waals surface area contributed by atoms with Crippen molar-refractivity contribution in [1.29, 1.82) is 0 Å². The molecule has 2 heterocycles. The number of hydrogen-bond donors (Lipinski definition) is 1. The lowest BCUT2D eigenvalue weighted by atomic mass is 10.2. The molecule has 0 amide bonds. The third-order valence-electron chi connectivity index (χ3n) is 3.22. The van der Waals surface area contributed by atoms with Crippen molar-refractivity contribution in [2.24, 2.45) is 0 Å². The van der Waals surface area contributed by atoms with Crippen molar-refractivity contribution in [3.05, 3.63) is 22.3 Å². The number of rotatable bonds is 3. The summed E-state index contributed by atoms with van der Waals surface area (Å²) in [5.74, 6) is 1.00. The van der Waals surface area contributed by atoms with E-state index in [0.29, 0.717) is 6.04 Å². The molecule has 1 N–H and O–H groups in total. The van der Waals surface area contributed by atoms with Crippen LogP contribution in [0, 0.1) is 6.92 Å². The highest BCUT2D eigenvalue weighted by atomic mass is 79.9. The van der Waals surface area contributed by atoms with E-state index < -0.39 is 0 Å². The summed E-state index contributed by atoms with van der Waals surface area (Å²) in [6.45, 7) is 4.30. The molecule has 0 saturated carbocycles. The van der Waals surface area contributed by atoms with E-state index in [0.717, 1.165) is 16.8 Å². The Morgan fingerprint density at radius 3 is 3.06 bits per heavy atom. The van der Waals surface area contributed by atoms with Crippen molar-refractivity contribution in [3.63, 3.8) is 0 Å². The average molecular weight is 284 g/mol. The topological polar surface area (TPSA) is 28.2 Å². The number of aryl methyl sites for hydroxylation is 1. The maximum absolute atomic E-state index is 4.39. The van der Waals surface area contributed by atoms with Gasteiger partial charge in [0.25, 0.3) is 0 Å². The summed E-state index contributed by atoms with van der Waals surface area (Å²) in [5.41, 5.74) is 1.19. The Balaban J connectivity index is 1.94. The Morgan fingerprint density at radius 2 is 2.44 bits per heavy atom. The first-order valence-corrected chi connectivity index (χ1v) is 6.52. The molecule has 0 radical (unpaired) electrons. The molecule has 1 saturated heterocycles. The normalized spacial score (nSPS) is 21.3. The van der Waals surface area contributed by atoms with Crippen molar-refractivity contribution in [2.75, 3.05) is 25.5 Å². The molecule has 0 aromatic carbocycles. The van der Waals surface area contributed by atoms with Crippen molar-refractivity contribution >= 4 is 21.7 Å². The Labute approximate surface area is 105 Å². The smallest absolute Gasteiger partial charge is 0.128 e. The highest BCUT2D eigenvalue weighted by Gasteiger charge is 2.20. The average Bonchev–Trinajstić information content (AvgIpc) is 2.63. The van der Waals surface area contributed by atoms with E-state index in [-0.39, 0.29) is 0 Å². The largest absolute Gasteiger partial charge is 0.368 e. The first kappa shape index (κ1) is 11.9. The summed E-state index contributed by atoms with van der Waals surface area (Å²) in [6, 6.07) is 2.75. The molecular formula is C12H18BrN3. The zero-order valence-electron chi connectivity index (χ0n) is 9.83. The Hall–Kier alpha value is -0.610. The van der Waals surface area contributed by atoms with Gasteiger partial charge in [0, 0.05) is 23.3 Å². The van der Waals surface area contributed by atoms with Crippen LogP contribution in [0.2, 0.25) is 0 Å². The molecule has 3 nitrogen and oxygen atoms in total. The number of nitrogens with zero attached hydrogens (tertiary/aromatic N) is 2. The van der Waals surface area contributed by atoms with Crippen LogP contribution in [0.1, 0.15) is 18.4 Å². The van der Waals surface area contributed by atoms with E-state index in [9.17, 15) is 0 Å². The minimum absolute atomic E-state index is 0.657. The summed E-state index contributed by atoms with van der Waals surface area (Å²) in [5, 5.41) is 3.44. The maximum Gasteiger partial charge on any atom is 0.128 e. The molecular weight excluding hydrogens is 266 g/mol. The van der Waals surface area contributed by atoms with Crippen LogP contribution in [0.4, 0.5) is 5.82 Å². The van der Waals surface area contributed by atoms with Gasteiger partial charge in [-0.2, -0.15) is 0 Å². The number of pyridine rings is 1. The third kappa shape index (κ3) is 2.74. The van der Waals surface area contributed by atoms with Crippen LogP contribution in [-0.4, -0.2) is 36.1 Å². The predicted molar refractivity (Wildman–Crippen MR) is 70.8 cm³/mol. The number of likely N-dealkylation sites (N-methyl/N-ethyl adjacent to an activating group) is 1. The second kappa shape index (κ2) is 5.15. The molecule has 1 aromatic rings. The molecule has 0 bridgehead atoms. The van der Waals surface area contributed by atoms with Crippen LogP contribution in [0.25, 0.3) is 0 Å². The molecule has 0 spiro atoms. The van der Waals surface area contributed by atoms with Crippen LogP contribution >= 0.6 is 15.9 Å². The van der Waals surface area contributed by atoms with Gasteiger partial charge in [-0.3, -0.25) is 0 Å². The first-order valence-electron chi connectivity index (χ1n) is 5.73. The fraction of sp³-hybridized carbons (Fsp3) is 0.583. The predicted octanol–water partition coefficient (Wildman–Crippen LogP) is 2.66. The number of hydrogen-bond acceptors (Lipinski definition) is 3. The summed E-state index contributed by atoms with van der Waals surface area (Å²) in [4.78, 5) is 6.81. The lowest BCUT2D eigenvalue weighted by Gasteiger charge is -2.20. The van der Waals surface area contributed by atoms with Crippen molar-refractivity contribution in [2.45, 2.75) is 25.8 Å². The molecule has 88 valence electrons. The second-order valence-corrected chi connectivity index (χ2v) is 5.39. The van der Waals surface area contributed by atoms with Gasteiger partial charge in [0.1, 0.15) is 5.82 Å². The van der Waals surface area contributed by atoms with Crippen LogP contribution in [0.3, 0.4) is 0 Å². The molecule has 1 atom stereocenters. The summed E-state index contributed by atoms with van der Waals surface area (Å²) in [6.07, 6.45) is 4.45. The van der Waals surface area contributed by atoms with E-state index in [4.69, 9.17) is 0 Å². The number of likely N-dealkylation sites (tertiary alicyclic amines) is 1. The van der Waals surface area contributed by atoms with E-state index in [1.165, 1.54) is 24.9 Å². The van der Waals surface area contributed by atoms with Gasteiger partial charge in [0.05, 0.1) is 0 Å². The highest BCUT2D eigenvalue weighted by Crippen LogP contribution is 2.19. The highest BCUT2D eigenvalue weighted by molar-refractivity contribution is 9.10. The molecule has 2 rings (SSSR count). The standard InChI is InChI=1S/C12H18BrN3/c1-9-6-10(13)7-14-12(9)15-8-11-4-3-5-16(11)2/h6-7,11H,3-5,8H2,1-2H3,(H,14,15). The molecule has 1 aromatic heterocycles. The molecule has 1 fully saturated rings. The zero-order chi connectivity index (χ0) is 11.5. The molecule has 4 heteroatoms. The summed E-state index contributed by atoms with van der Waals surface area (Å²) < 4.78 is 1.04. The van der Waals surface area contributed by atoms with Gasteiger partial charge in [0.2, 0.25) is 0 Å². The number of anilines is 1. The van der Waals surface area contributed by atoms with Gasteiger partial charge >= 0.3 is 0 Å². The van der Waals surface area contributed by atoms with E-state index >= 15 is 0 Å². The molecule has 0 aliphatic carbocycles. The van der Waals surface area contributed by atoms with Gasteiger partial charge in [0.15, 0.2) is 0 Å². The zero-order valence-corrected chi connectivity index (χ0v) is 11.4. The van der Waals surface area contributed by atoms with Gasteiger partial charge in [-0.05, 0) is 60.9 Å². The Morgan fingerprint density at radius 1 is 1.62 bits per heavy atom. The van der Waals surface area contributed by atoms with Crippen LogP contribution in [0.5, 0.6) is 0 Å². The number of aromatic nitrogens is 1. The fourth-order valence-electron chi connectivity index (χ4n) is 2.18. The molecule has 1 unspecified atom stereocenters.